The number of nitrogens with two attached hydrogens (primary N) is 1. The highest BCUT2D eigenvalue weighted by Crippen LogP contribution is 2.26. The van der Waals surface area contributed by atoms with Crippen LogP contribution in [0.2, 0.25) is 0 Å². The molecule has 2 heterocycles. The quantitative estimate of drug-likeness (QED) is 0.807. The molecular formula is C16H15N3O2S. The largest absolute Gasteiger partial charge is 0.317 e. The average molecular weight is 313 g/mol. The molecule has 2 N–H and O–H groups in total. The Morgan fingerprint density at radius 3 is 2.45 bits per heavy atom. The second-order valence-electron chi connectivity index (χ2n) is 4.99. The maximum atomic E-state index is 11.3. The van der Waals surface area contributed by atoms with Gasteiger partial charge in [-0.15, -0.1) is 0 Å². The number of nitrogens with zero attached hydrogens (tertiary/aromatic N) is 2. The van der Waals surface area contributed by atoms with Crippen molar-refractivity contribution in [2.75, 3.05) is 0 Å². The highest BCUT2D eigenvalue weighted by Gasteiger charge is 2.10. The second-order valence-corrected chi connectivity index (χ2v) is 6.55. The van der Waals surface area contributed by atoms with Gasteiger partial charge in [0.2, 0.25) is 10.0 Å². The van der Waals surface area contributed by atoms with Crippen molar-refractivity contribution in [3.63, 3.8) is 0 Å². The molecule has 0 fully saturated rings. The Morgan fingerprint density at radius 2 is 1.82 bits per heavy atom. The Balaban J connectivity index is 2.08. The second kappa shape index (κ2) is 5.40. The first-order chi connectivity index (χ1) is 10.5. The molecule has 0 aliphatic carbocycles. The summed E-state index contributed by atoms with van der Waals surface area (Å²) in [7, 11) is -3.68. The van der Waals surface area contributed by atoms with Crippen molar-refractivity contribution in [1.29, 1.82) is 0 Å². The number of hydrogen-bond donors (Lipinski definition) is 1. The van der Waals surface area contributed by atoms with Crippen molar-refractivity contribution < 1.29 is 8.42 Å². The molecule has 0 aliphatic heterocycles. The Hall–Kier alpha value is -2.44. The van der Waals surface area contributed by atoms with Crippen LogP contribution < -0.4 is 5.14 Å². The van der Waals surface area contributed by atoms with Crippen LogP contribution in [0, 0.1) is 6.92 Å². The van der Waals surface area contributed by atoms with Gasteiger partial charge in [0.05, 0.1) is 10.6 Å². The third-order valence-corrected chi connectivity index (χ3v) is 4.44. The van der Waals surface area contributed by atoms with Crippen molar-refractivity contribution in [2.45, 2.75) is 11.8 Å². The molecule has 0 radical (unpaired) electrons. The van der Waals surface area contributed by atoms with Crippen molar-refractivity contribution in [3.05, 3.63) is 66.6 Å². The standard InChI is InChI=1S/C16H15N3O2S/c1-12-8-9-18-11-15(12)16-3-2-10-19(16)13-4-6-14(7-5-13)22(17,20)21/h2-11H,1H3,(H2,17,20,21). The minimum atomic E-state index is -3.68. The number of benzene rings is 1. The third kappa shape index (κ3) is 2.66. The van der Waals surface area contributed by atoms with E-state index in [2.05, 4.69) is 4.98 Å². The van der Waals surface area contributed by atoms with E-state index in [1.807, 2.05) is 42.1 Å². The average Bonchev–Trinajstić information content (AvgIpc) is 2.96. The molecule has 0 atom stereocenters. The minimum absolute atomic E-state index is 0.0996. The lowest BCUT2D eigenvalue weighted by Gasteiger charge is -2.11. The van der Waals surface area contributed by atoms with Gasteiger partial charge < -0.3 is 4.57 Å². The van der Waals surface area contributed by atoms with Gasteiger partial charge in [0, 0.05) is 29.8 Å². The van der Waals surface area contributed by atoms with Crippen LogP contribution in [0.1, 0.15) is 5.56 Å². The lowest BCUT2D eigenvalue weighted by molar-refractivity contribution is 0.598. The number of rotatable bonds is 3. The van der Waals surface area contributed by atoms with E-state index in [-0.39, 0.29) is 4.90 Å². The predicted octanol–water partition coefficient (Wildman–Crippen LogP) is 2.50. The Labute approximate surface area is 129 Å². The lowest BCUT2D eigenvalue weighted by atomic mass is 10.1. The zero-order chi connectivity index (χ0) is 15.7. The molecule has 0 spiro atoms. The van der Waals surface area contributed by atoms with Gasteiger partial charge in [0.25, 0.3) is 0 Å². The summed E-state index contributed by atoms with van der Waals surface area (Å²) in [6, 6.07) is 12.4. The summed E-state index contributed by atoms with van der Waals surface area (Å²) in [5, 5.41) is 5.12. The predicted molar refractivity (Wildman–Crippen MR) is 85.1 cm³/mol. The fourth-order valence-electron chi connectivity index (χ4n) is 2.35. The molecule has 112 valence electrons. The van der Waals surface area contributed by atoms with Gasteiger partial charge in [-0.1, -0.05) is 0 Å². The third-order valence-electron chi connectivity index (χ3n) is 3.51. The van der Waals surface area contributed by atoms with Crippen LogP contribution in [0.15, 0.2) is 66.0 Å². The molecule has 0 aliphatic rings. The minimum Gasteiger partial charge on any atom is -0.317 e. The zero-order valence-electron chi connectivity index (χ0n) is 12.0. The summed E-state index contributed by atoms with van der Waals surface area (Å²) in [6.45, 7) is 2.03. The van der Waals surface area contributed by atoms with E-state index >= 15 is 0 Å². The first-order valence-corrected chi connectivity index (χ1v) is 8.23. The molecule has 6 heteroatoms. The van der Waals surface area contributed by atoms with Gasteiger partial charge in [0.15, 0.2) is 0 Å². The van der Waals surface area contributed by atoms with Crippen molar-refractivity contribution in [3.8, 4) is 16.9 Å². The van der Waals surface area contributed by atoms with Crippen LogP contribution in [0.5, 0.6) is 0 Å². The van der Waals surface area contributed by atoms with Gasteiger partial charge in [0.1, 0.15) is 0 Å². The summed E-state index contributed by atoms with van der Waals surface area (Å²) in [5.74, 6) is 0. The molecule has 0 saturated carbocycles. The number of aromatic nitrogens is 2. The van der Waals surface area contributed by atoms with E-state index in [4.69, 9.17) is 5.14 Å². The highest BCUT2D eigenvalue weighted by atomic mass is 32.2. The van der Waals surface area contributed by atoms with Gasteiger partial charge in [-0.05, 0) is 55.0 Å². The molecule has 0 unspecified atom stereocenters. The molecule has 1 aromatic carbocycles. The van der Waals surface area contributed by atoms with Crippen LogP contribution >= 0.6 is 0 Å². The number of primary sulfonamides is 1. The maximum absolute atomic E-state index is 11.3. The number of sulfonamides is 1. The van der Waals surface area contributed by atoms with E-state index in [1.165, 1.54) is 12.1 Å². The summed E-state index contributed by atoms with van der Waals surface area (Å²) in [6.07, 6.45) is 5.50. The molecule has 2 aromatic heterocycles. The number of hydrogen-bond acceptors (Lipinski definition) is 3. The molecule has 0 saturated heterocycles. The summed E-state index contributed by atoms with van der Waals surface area (Å²) >= 11 is 0. The van der Waals surface area contributed by atoms with Crippen LogP contribution in [-0.2, 0) is 10.0 Å². The van der Waals surface area contributed by atoms with E-state index < -0.39 is 10.0 Å². The smallest absolute Gasteiger partial charge is 0.238 e. The van der Waals surface area contributed by atoms with E-state index in [1.54, 1.807) is 18.3 Å². The van der Waals surface area contributed by atoms with E-state index in [0.717, 1.165) is 22.5 Å². The summed E-state index contributed by atoms with van der Waals surface area (Å²) < 4.78 is 24.6. The van der Waals surface area contributed by atoms with Crippen LogP contribution in [0.3, 0.4) is 0 Å². The molecule has 0 amide bonds. The maximum Gasteiger partial charge on any atom is 0.238 e. The van der Waals surface area contributed by atoms with Gasteiger partial charge in [-0.2, -0.15) is 0 Å². The first-order valence-electron chi connectivity index (χ1n) is 6.68. The Kier molecular flexibility index (Phi) is 3.56. The molecule has 5 nitrogen and oxygen atoms in total. The fourth-order valence-corrected chi connectivity index (χ4v) is 2.87. The van der Waals surface area contributed by atoms with Gasteiger partial charge >= 0.3 is 0 Å². The van der Waals surface area contributed by atoms with Crippen molar-refractivity contribution >= 4 is 10.0 Å². The highest BCUT2D eigenvalue weighted by molar-refractivity contribution is 7.89. The molecule has 22 heavy (non-hydrogen) atoms. The van der Waals surface area contributed by atoms with Gasteiger partial charge in [-0.3, -0.25) is 4.98 Å². The Morgan fingerprint density at radius 1 is 1.09 bits per heavy atom. The van der Waals surface area contributed by atoms with Crippen molar-refractivity contribution in [1.82, 2.24) is 9.55 Å². The van der Waals surface area contributed by atoms with Crippen LogP contribution in [-0.4, -0.2) is 18.0 Å². The summed E-state index contributed by atoms with van der Waals surface area (Å²) in [5.41, 5.74) is 4.00. The first kappa shape index (κ1) is 14.5. The monoisotopic (exact) mass is 313 g/mol. The summed E-state index contributed by atoms with van der Waals surface area (Å²) in [4.78, 5) is 4.27. The van der Waals surface area contributed by atoms with Crippen LogP contribution in [0.25, 0.3) is 16.9 Å². The molecule has 3 aromatic rings. The molecular weight excluding hydrogens is 298 g/mol. The SMILES string of the molecule is Cc1ccncc1-c1cccn1-c1ccc(S(N)(=O)=O)cc1. The normalized spacial score (nSPS) is 11.5. The zero-order valence-corrected chi connectivity index (χ0v) is 12.8. The number of aryl methyl sites for hydroxylation is 1. The van der Waals surface area contributed by atoms with Crippen molar-refractivity contribution in [2.24, 2.45) is 5.14 Å². The molecule has 0 bridgehead atoms. The number of pyridine rings is 1. The van der Waals surface area contributed by atoms with E-state index in [0.29, 0.717) is 0 Å². The van der Waals surface area contributed by atoms with Gasteiger partial charge in [-0.25, -0.2) is 13.6 Å². The Bertz CT molecular complexity index is 913. The van der Waals surface area contributed by atoms with Crippen LogP contribution in [0.4, 0.5) is 0 Å². The molecule has 3 rings (SSSR count). The van der Waals surface area contributed by atoms with E-state index in [9.17, 15) is 8.42 Å². The lowest BCUT2D eigenvalue weighted by Crippen LogP contribution is -2.12. The topological polar surface area (TPSA) is 78.0 Å². The fraction of sp³-hybridized carbons (Fsp3) is 0.0625.